The maximum Gasteiger partial charge on any atom is 0.418 e. The number of benzene rings is 4. The number of pyridine rings is 2. The predicted molar refractivity (Wildman–Crippen MR) is 253 cm³/mol. The second-order valence-electron chi connectivity index (χ2n) is 15.5. The minimum Gasteiger partial charge on any atom is -0.307 e. The van der Waals surface area contributed by atoms with Crippen LogP contribution < -0.4 is 20.4 Å². The van der Waals surface area contributed by atoms with Crippen molar-refractivity contribution in [3.63, 3.8) is 0 Å². The van der Waals surface area contributed by atoms with Gasteiger partial charge in [0.25, 0.3) is 0 Å². The van der Waals surface area contributed by atoms with Gasteiger partial charge in [0.05, 0.1) is 45.6 Å². The highest BCUT2D eigenvalue weighted by Gasteiger charge is 2.35. The minimum absolute atomic E-state index is 0. The molecular weight excluding hydrogens is 856 g/mol. The van der Waals surface area contributed by atoms with Crippen LogP contribution in [0.4, 0.5) is 45.8 Å². The largest absolute Gasteiger partial charge is 0.418 e. The Bertz CT molecular complexity index is 3140. The van der Waals surface area contributed by atoms with Crippen molar-refractivity contribution in [1.29, 1.82) is 5.26 Å². The molecular formula is C51H44F3N11O2. The molecule has 4 amide bonds. The summed E-state index contributed by atoms with van der Waals surface area (Å²) in [5.41, 5.74) is 8.81. The number of carbonyl (C=O) groups is 2. The number of nitriles is 1. The van der Waals surface area contributed by atoms with Crippen molar-refractivity contribution in [2.45, 2.75) is 40.3 Å². The number of hydrogen-bond donors (Lipinski definition) is 2. The first kappa shape index (κ1) is 45.0. The van der Waals surface area contributed by atoms with Crippen LogP contribution >= 0.6 is 0 Å². The van der Waals surface area contributed by atoms with Crippen molar-refractivity contribution in [3.05, 3.63) is 179 Å². The molecule has 0 saturated carbocycles. The highest BCUT2D eigenvalue weighted by Crippen LogP contribution is 2.39. The molecule has 0 spiro atoms. The van der Waals surface area contributed by atoms with E-state index in [0.717, 1.165) is 51.2 Å². The van der Waals surface area contributed by atoms with Gasteiger partial charge in [-0.3, -0.25) is 9.80 Å². The van der Waals surface area contributed by atoms with Crippen molar-refractivity contribution in [2.75, 3.05) is 33.5 Å². The zero-order valence-corrected chi connectivity index (χ0v) is 35.7. The quantitative estimate of drug-likeness (QED) is 0.178. The first-order valence-electron chi connectivity index (χ1n) is 21.0. The Balaban J connectivity index is 0.000000179. The van der Waals surface area contributed by atoms with E-state index in [9.17, 15) is 22.8 Å². The lowest BCUT2D eigenvalue weighted by Gasteiger charge is -2.23. The molecule has 0 atom stereocenters. The lowest BCUT2D eigenvalue weighted by Crippen LogP contribution is -2.37. The summed E-state index contributed by atoms with van der Waals surface area (Å²) >= 11 is 0. The fourth-order valence-corrected chi connectivity index (χ4v) is 8.27. The van der Waals surface area contributed by atoms with Crippen molar-refractivity contribution in [3.8, 4) is 40.0 Å². The van der Waals surface area contributed by atoms with E-state index >= 15 is 0 Å². The van der Waals surface area contributed by atoms with Crippen LogP contribution in [0.25, 0.3) is 33.9 Å². The summed E-state index contributed by atoms with van der Waals surface area (Å²) in [6.45, 7) is 4.71. The summed E-state index contributed by atoms with van der Waals surface area (Å²) in [6, 6.07) is 40.0. The number of nitrogens with one attached hydrogen (secondary N) is 2. The number of nitrogens with zero attached hydrogens (tertiary/aromatic N) is 9. The molecule has 8 aromatic rings. The second-order valence-corrected chi connectivity index (χ2v) is 15.5. The number of amides is 4. The predicted octanol–water partition coefficient (Wildman–Crippen LogP) is 11.2. The fourth-order valence-electron chi connectivity index (χ4n) is 8.27. The molecule has 2 aliphatic rings. The number of para-hydroxylation sites is 3. The average Bonchev–Trinajstić information content (AvgIpc) is 3.71. The van der Waals surface area contributed by atoms with Gasteiger partial charge >= 0.3 is 18.2 Å². The monoisotopic (exact) mass is 899 g/mol. The summed E-state index contributed by atoms with van der Waals surface area (Å²) in [5, 5.41) is 24.2. The van der Waals surface area contributed by atoms with Crippen LogP contribution in [0, 0.1) is 25.2 Å². The summed E-state index contributed by atoms with van der Waals surface area (Å²) in [6.07, 6.45) is -0.238. The van der Waals surface area contributed by atoms with Gasteiger partial charge in [-0.1, -0.05) is 62.0 Å². The lowest BCUT2D eigenvalue weighted by molar-refractivity contribution is -0.136. The number of anilines is 4. The normalized spacial score (nSPS) is 12.5. The number of rotatable bonds is 4. The molecule has 0 aliphatic carbocycles. The number of aromatic nitrogens is 6. The van der Waals surface area contributed by atoms with Gasteiger partial charge in [0.15, 0.2) is 0 Å². The molecule has 4 aromatic carbocycles. The van der Waals surface area contributed by atoms with Crippen LogP contribution in [0.15, 0.2) is 146 Å². The van der Waals surface area contributed by atoms with Crippen molar-refractivity contribution >= 4 is 35.1 Å². The molecule has 336 valence electrons. The van der Waals surface area contributed by atoms with Crippen LogP contribution in [0.3, 0.4) is 0 Å². The van der Waals surface area contributed by atoms with Crippen LogP contribution in [-0.2, 0) is 19.0 Å². The first-order valence-corrected chi connectivity index (χ1v) is 21.0. The third-order valence-corrected chi connectivity index (χ3v) is 11.5. The van der Waals surface area contributed by atoms with Gasteiger partial charge < -0.3 is 10.6 Å². The number of alkyl halides is 3. The van der Waals surface area contributed by atoms with E-state index < -0.39 is 17.8 Å². The zero-order valence-electron chi connectivity index (χ0n) is 35.7. The number of urea groups is 2. The molecule has 13 nitrogen and oxygen atoms in total. The van der Waals surface area contributed by atoms with Gasteiger partial charge in [0.2, 0.25) is 0 Å². The summed E-state index contributed by atoms with van der Waals surface area (Å²) in [4.78, 5) is 38.3. The van der Waals surface area contributed by atoms with E-state index in [0.29, 0.717) is 53.5 Å². The number of fused-ring (bicyclic) bond motifs is 6. The van der Waals surface area contributed by atoms with Gasteiger partial charge in [-0.15, -0.1) is 0 Å². The van der Waals surface area contributed by atoms with Gasteiger partial charge in [-0.25, -0.2) is 28.9 Å². The Morgan fingerprint density at radius 1 is 0.627 bits per heavy atom. The molecule has 0 unspecified atom stereocenters. The number of carbonyl (C=O) groups excluding carboxylic acids is 2. The number of hydrogen-bond acceptors (Lipinski definition) is 7. The van der Waals surface area contributed by atoms with Crippen LogP contribution in [0.5, 0.6) is 0 Å². The third kappa shape index (κ3) is 8.94. The van der Waals surface area contributed by atoms with E-state index in [2.05, 4.69) is 33.6 Å². The van der Waals surface area contributed by atoms with Crippen molar-refractivity contribution < 1.29 is 22.8 Å². The molecule has 10 rings (SSSR count). The fraction of sp³-hybridized carbons (Fsp3) is 0.157. The highest BCUT2D eigenvalue weighted by atomic mass is 19.4. The van der Waals surface area contributed by atoms with Crippen LogP contribution in [0.2, 0.25) is 0 Å². The molecule has 0 radical (unpaired) electrons. The molecule has 0 bridgehead atoms. The first-order chi connectivity index (χ1) is 32.0. The van der Waals surface area contributed by atoms with Crippen molar-refractivity contribution in [1.82, 2.24) is 29.5 Å². The van der Waals surface area contributed by atoms with Gasteiger partial charge in [-0.2, -0.15) is 28.6 Å². The van der Waals surface area contributed by atoms with Gasteiger partial charge in [-0.05, 0) is 106 Å². The van der Waals surface area contributed by atoms with E-state index in [-0.39, 0.29) is 25.7 Å². The lowest BCUT2D eigenvalue weighted by atomic mass is 10.1. The maximum absolute atomic E-state index is 13.4. The molecule has 2 N–H and O–H groups in total. The highest BCUT2D eigenvalue weighted by molar-refractivity contribution is 6.05. The zero-order chi connectivity index (χ0) is 46.0. The molecule has 0 fully saturated rings. The van der Waals surface area contributed by atoms with E-state index in [1.165, 1.54) is 23.1 Å². The van der Waals surface area contributed by atoms with Crippen molar-refractivity contribution in [2.24, 2.45) is 0 Å². The van der Waals surface area contributed by atoms with Gasteiger partial charge in [0.1, 0.15) is 11.6 Å². The Morgan fingerprint density at radius 3 is 1.63 bits per heavy atom. The van der Waals surface area contributed by atoms with E-state index in [1.807, 2.05) is 95.2 Å². The van der Waals surface area contributed by atoms with Crippen LogP contribution in [-0.4, -0.2) is 54.7 Å². The molecule has 16 heteroatoms. The summed E-state index contributed by atoms with van der Waals surface area (Å²) in [7, 11) is 0. The Labute approximate surface area is 384 Å². The van der Waals surface area contributed by atoms with E-state index in [4.69, 9.17) is 15.5 Å². The smallest absolute Gasteiger partial charge is 0.307 e. The minimum atomic E-state index is -4.59. The molecule has 6 heterocycles. The Hall–Kier alpha value is -8.58. The van der Waals surface area contributed by atoms with E-state index in [1.54, 1.807) is 47.6 Å². The van der Waals surface area contributed by atoms with Crippen LogP contribution in [0.1, 0.15) is 41.1 Å². The summed E-state index contributed by atoms with van der Waals surface area (Å²) < 4.78 is 44.1. The van der Waals surface area contributed by atoms with Gasteiger partial charge in [0, 0.05) is 64.8 Å². The average molecular weight is 900 g/mol. The Kier molecular flexibility index (Phi) is 12.7. The molecule has 4 aromatic heterocycles. The second kappa shape index (κ2) is 18.9. The molecule has 67 heavy (non-hydrogen) atoms. The summed E-state index contributed by atoms with van der Waals surface area (Å²) in [5.74, 6) is 0.916. The topological polar surface area (TPSA) is 150 Å². The molecule has 2 aliphatic heterocycles. The maximum atomic E-state index is 13.4. The third-order valence-electron chi connectivity index (χ3n) is 11.5. The number of halogens is 3. The molecule has 0 saturated heterocycles. The Morgan fingerprint density at radius 2 is 1.12 bits per heavy atom. The standard InChI is InChI=1S/C25H20F3N5O.C25H20N6O.CH4/c1-16-18-13-15-32(24(34)30-21-12-6-5-11-20(21)25(26,27)28)23-19(10-7-14-29-23)22(18)31-33(16)17-8-3-2-4-9-17;1-17-21-12-14-30(25(32)28-19-8-5-7-18(15-19)16-26)24-22(11-6-13-27-24)23(21)29-31(17)20-9-3-2-4-10-20;/h2-12,14H,13,15H2,1H3,(H,30,34);2-11,13,15H,12,14H2,1H3,(H,28,32);1H4. The SMILES string of the molecule is C.Cc1c2c(nn1-c1ccccc1)-c1cccnc1N(C(=O)Nc1cccc(C#N)c1)CC2.Cc1c2c(nn1-c1ccccc1)-c1cccnc1N(C(=O)Nc1ccccc1C(F)(F)F)CC2.